The van der Waals surface area contributed by atoms with Gasteiger partial charge in [0.15, 0.2) is 12.3 Å². The second-order valence-electron chi connectivity index (χ2n) is 4.69. The molecule has 0 spiro atoms. The van der Waals surface area contributed by atoms with Crippen molar-refractivity contribution < 1.29 is 4.57 Å². The van der Waals surface area contributed by atoms with Crippen molar-refractivity contribution in [1.29, 1.82) is 0 Å². The van der Waals surface area contributed by atoms with Gasteiger partial charge in [-0.2, -0.15) is 0 Å². The summed E-state index contributed by atoms with van der Waals surface area (Å²) in [5.41, 5.74) is 4.40. The number of benzene rings is 2. The zero-order valence-electron chi connectivity index (χ0n) is 11.5. The molecule has 0 saturated carbocycles. The Bertz CT molecular complexity index is 553. The van der Waals surface area contributed by atoms with Gasteiger partial charge in [-0.25, -0.2) is 0 Å². The average Bonchev–Trinajstić information content (AvgIpc) is 2.49. The molecular weight excluding hydrogens is 263 g/mol. The Morgan fingerprint density at radius 3 is 1.40 bits per heavy atom. The van der Waals surface area contributed by atoms with Crippen molar-refractivity contribution in [2.75, 3.05) is 0 Å². The van der Waals surface area contributed by atoms with Crippen LogP contribution in [0.2, 0.25) is 0 Å². The number of hydrogen-bond acceptors (Lipinski definition) is 1. The van der Waals surface area contributed by atoms with Gasteiger partial charge in [0, 0.05) is 0 Å². The van der Waals surface area contributed by atoms with Gasteiger partial charge < -0.3 is 0 Å². The normalized spacial score (nSPS) is 10.0. The fourth-order valence-corrected chi connectivity index (χ4v) is 3.33. The number of rotatable bonds is 6. The maximum Gasteiger partial charge on any atom is 0.348 e. The molecule has 1 nitrogen and oxygen atoms in total. The third kappa shape index (κ3) is 4.01. The lowest BCUT2D eigenvalue weighted by atomic mass is 10.1. The van der Waals surface area contributed by atoms with Gasteiger partial charge in [0.05, 0.1) is 0 Å². The van der Waals surface area contributed by atoms with E-state index >= 15 is 0 Å². The second-order valence-corrected chi connectivity index (χ2v) is 6.29. The fourth-order valence-electron chi connectivity index (χ4n) is 1.98. The highest BCUT2D eigenvalue weighted by atomic mass is 31.1. The van der Waals surface area contributed by atoms with Crippen LogP contribution in [0.4, 0.5) is 0 Å². The highest BCUT2D eigenvalue weighted by Crippen LogP contribution is 2.31. The zero-order valence-corrected chi connectivity index (χ0v) is 12.4. The minimum Gasteiger partial charge on any atom is -0.0985 e. The summed E-state index contributed by atoms with van der Waals surface area (Å²) in [5, 5.41) is 0. The smallest absolute Gasteiger partial charge is 0.0985 e. The predicted octanol–water partition coefficient (Wildman–Crippen LogP) is 5.50. The first kappa shape index (κ1) is 14.4. The van der Waals surface area contributed by atoms with E-state index in [0.29, 0.717) is 12.3 Å². The molecule has 0 radical (unpaired) electrons. The van der Waals surface area contributed by atoms with E-state index in [0.717, 1.165) is 22.3 Å². The molecule has 2 rings (SSSR count). The summed E-state index contributed by atoms with van der Waals surface area (Å²) in [6.07, 6.45) is 4.86. The van der Waals surface area contributed by atoms with E-state index in [1.807, 2.05) is 60.7 Å². The van der Waals surface area contributed by atoms with Crippen molar-refractivity contribution in [1.82, 2.24) is 0 Å². The van der Waals surface area contributed by atoms with Gasteiger partial charge in [-0.15, -0.1) is 0 Å². The Morgan fingerprint density at radius 2 is 1.10 bits per heavy atom. The van der Waals surface area contributed by atoms with Crippen LogP contribution in [-0.2, 0) is 16.9 Å². The molecule has 100 valence electrons. The Morgan fingerprint density at radius 1 is 0.750 bits per heavy atom. The lowest BCUT2D eigenvalue weighted by Gasteiger charge is -1.97. The van der Waals surface area contributed by atoms with Gasteiger partial charge in [-0.3, -0.25) is 0 Å². The first-order valence-corrected chi connectivity index (χ1v) is 8.19. The number of hydrogen-bond donors (Lipinski definition) is 0. The van der Waals surface area contributed by atoms with Crippen LogP contribution in [0, 0.1) is 0 Å². The molecule has 0 unspecified atom stereocenters. The molecule has 0 aliphatic heterocycles. The monoisotopic (exact) mass is 281 g/mol. The van der Waals surface area contributed by atoms with Crippen LogP contribution in [-0.4, -0.2) is 0 Å². The van der Waals surface area contributed by atoms with Gasteiger partial charge in [0.2, 0.25) is 0 Å². The molecule has 2 aromatic rings. The summed E-state index contributed by atoms with van der Waals surface area (Å²) in [7, 11) is -1.26. The first-order chi connectivity index (χ1) is 9.71. The van der Waals surface area contributed by atoms with Crippen molar-refractivity contribution in [2.45, 2.75) is 12.3 Å². The summed E-state index contributed by atoms with van der Waals surface area (Å²) in [4.78, 5) is 0. The van der Waals surface area contributed by atoms with Crippen molar-refractivity contribution in [3.63, 3.8) is 0 Å². The van der Waals surface area contributed by atoms with Gasteiger partial charge in [0.1, 0.15) is 0 Å². The van der Waals surface area contributed by atoms with Crippen LogP contribution < -0.4 is 0 Å². The molecule has 0 fully saturated rings. The Hall–Kier alpha value is -1.98. The molecule has 0 atom stereocenters. The Balaban J connectivity index is 1.96. The van der Waals surface area contributed by atoms with E-state index in [4.69, 9.17) is 0 Å². The summed E-state index contributed by atoms with van der Waals surface area (Å²) >= 11 is 0. The van der Waals surface area contributed by atoms with Crippen molar-refractivity contribution in [2.24, 2.45) is 0 Å². The average molecular weight is 281 g/mol. The van der Waals surface area contributed by atoms with E-state index in [1.165, 1.54) is 0 Å². The molecule has 2 aromatic carbocycles. The quantitative estimate of drug-likeness (QED) is 0.639. The molecular formula is C18H18OP+. The molecule has 2 heteroatoms. The standard InChI is InChI=1S/C18H18OP/c1-3-15-5-9-17(10-6-15)13-20(19)14-18-11-7-16(4-2)8-12-18/h3-12H,1-2,13-14H2/q+1. The zero-order chi connectivity index (χ0) is 14.4. The first-order valence-electron chi connectivity index (χ1n) is 6.56. The summed E-state index contributed by atoms with van der Waals surface area (Å²) < 4.78 is 12.2. The minimum absolute atomic E-state index is 0.621. The molecule has 0 N–H and O–H groups in total. The molecule has 0 aliphatic carbocycles. The van der Waals surface area contributed by atoms with E-state index in [9.17, 15) is 4.57 Å². The lowest BCUT2D eigenvalue weighted by molar-refractivity contribution is 0.587. The molecule has 0 aromatic heterocycles. The molecule has 0 saturated heterocycles. The highest BCUT2D eigenvalue weighted by molar-refractivity contribution is 7.42. The molecule has 0 amide bonds. The van der Waals surface area contributed by atoms with E-state index in [2.05, 4.69) is 13.2 Å². The van der Waals surface area contributed by atoms with Crippen molar-refractivity contribution >= 4 is 20.0 Å². The van der Waals surface area contributed by atoms with Crippen molar-refractivity contribution in [3.05, 3.63) is 83.9 Å². The van der Waals surface area contributed by atoms with Crippen molar-refractivity contribution in [3.8, 4) is 0 Å². The van der Waals surface area contributed by atoms with Crippen LogP contribution in [0.1, 0.15) is 22.3 Å². The largest absolute Gasteiger partial charge is 0.348 e. The predicted molar refractivity (Wildman–Crippen MR) is 88.1 cm³/mol. The summed E-state index contributed by atoms with van der Waals surface area (Å²) in [5.74, 6) is 0. The van der Waals surface area contributed by atoms with Crippen LogP contribution >= 0.6 is 7.80 Å². The third-order valence-electron chi connectivity index (χ3n) is 3.15. The van der Waals surface area contributed by atoms with E-state index in [1.54, 1.807) is 0 Å². The molecule has 0 aliphatic rings. The fraction of sp³-hybridized carbons (Fsp3) is 0.111. The van der Waals surface area contributed by atoms with Gasteiger partial charge in [-0.1, -0.05) is 78.4 Å². The maximum atomic E-state index is 12.2. The van der Waals surface area contributed by atoms with Crippen LogP contribution in [0.3, 0.4) is 0 Å². The lowest BCUT2D eigenvalue weighted by Crippen LogP contribution is -1.85. The molecule has 0 bridgehead atoms. The van der Waals surface area contributed by atoms with Gasteiger partial charge in [-0.05, 0) is 22.3 Å². The Kier molecular flexibility index (Phi) is 5.03. The SMILES string of the molecule is C=Cc1ccc(C[P+](=O)Cc2ccc(C=C)cc2)cc1. The van der Waals surface area contributed by atoms with Gasteiger partial charge >= 0.3 is 7.80 Å². The topological polar surface area (TPSA) is 17.1 Å². The second kappa shape index (κ2) is 6.98. The minimum atomic E-state index is -1.26. The summed E-state index contributed by atoms with van der Waals surface area (Å²) in [6.45, 7) is 7.45. The summed E-state index contributed by atoms with van der Waals surface area (Å²) in [6, 6.07) is 16.1. The third-order valence-corrected chi connectivity index (χ3v) is 4.58. The van der Waals surface area contributed by atoms with Crippen LogP contribution in [0.15, 0.2) is 61.7 Å². The van der Waals surface area contributed by atoms with E-state index < -0.39 is 7.80 Å². The molecule has 0 heterocycles. The molecule has 20 heavy (non-hydrogen) atoms. The maximum absolute atomic E-state index is 12.2. The van der Waals surface area contributed by atoms with Crippen LogP contribution in [0.25, 0.3) is 12.2 Å². The van der Waals surface area contributed by atoms with Gasteiger partial charge in [0.25, 0.3) is 0 Å². The van der Waals surface area contributed by atoms with Crippen LogP contribution in [0.5, 0.6) is 0 Å². The highest BCUT2D eigenvalue weighted by Gasteiger charge is 2.16. The van der Waals surface area contributed by atoms with E-state index in [-0.39, 0.29) is 0 Å². The Labute approximate surface area is 121 Å².